The molecule has 0 nitrogen and oxygen atoms in total. The van der Waals surface area contributed by atoms with E-state index in [0.29, 0.717) is 5.92 Å². The normalized spacial score (nSPS) is 14.5. The van der Waals surface area contributed by atoms with Gasteiger partial charge in [-0.3, -0.25) is 0 Å². The van der Waals surface area contributed by atoms with Gasteiger partial charge in [-0.1, -0.05) is 91.1 Å². The van der Waals surface area contributed by atoms with E-state index in [1.165, 1.54) is 16.7 Å². The lowest BCUT2D eigenvalue weighted by Gasteiger charge is -2.05. The zero-order valence-corrected chi connectivity index (χ0v) is 10.7. The van der Waals surface area contributed by atoms with Gasteiger partial charge < -0.3 is 0 Å². The first-order valence-electron chi connectivity index (χ1n) is 6.60. The van der Waals surface area contributed by atoms with E-state index in [1.54, 1.807) is 0 Å². The second kappa shape index (κ2) is 5.53. The van der Waals surface area contributed by atoms with Gasteiger partial charge in [-0.2, -0.15) is 0 Å². The van der Waals surface area contributed by atoms with Crippen LogP contribution in [0.4, 0.5) is 0 Å². The summed E-state index contributed by atoms with van der Waals surface area (Å²) in [6, 6.07) is 19.1. The third-order valence-electron chi connectivity index (χ3n) is 3.34. The molecule has 0 heteroatoms. The largest absolute Gasteiger partial charge is 0.0732 e. The minimum absolute atomic E-state index is 0.451. The molecule has 0 saturated heterocycles. The Morgan fingerprint density at radius 2 is 1.21 bits per heavy atom. The van der Waals surface area contributed by atoms with Crippen LogP contribution < -0.4 is 0 Å². The van der Waals surface area contributed by atoms with E-state index in [-0.39, 0.29) is 0 Å². The Hall–Kier alpha value is -2.34. The van der Waals surface area contributed by atoms with Crippen LogP contribution in [0.15, 0.2) is 78.9 Å². The van der Waals surface area contributed by atoms with Gasteiger partial charge in [0.15, 0.2) is 0 Å². The molecule has 0 radical (unpaired) electrons. The molecule has 0 amide bonds. The number of hydrogen-bond donors (Lipinski definition) is 0. The third-order valence-corrected chi connectivity index (χ3v) is 3.34. The van der Waals surface area contributed by atoms with E-state index in [0.717, 1.165) is 0 Å². The minimum Gasteiger partial charge on any atom is -0.0732 e. The van der Waals surface area contributed by atoms with Crippen molar-refractivity contribution in [2.24, 2.45) is 0 Å². The van der Waals surface area contributed by atoms with E-state index in [4.69, 9.17) is 0 Å². The van der Waals surface area contributed by atoms with Crippen molar-refractivity contribution in [1.82, 2.24) is 0 Å². The molecule has 3 rings (SSSR count). The average Bonchev–Trinajstić information content (AvgIpc) is 3.01. The molecule has 1 aliphatic rings. The Morgan fingerprint density at radius 3 is 1.84 bits per heavy atom. The number of rotatable bonds is 3. The van der Waals surface area contributed by atoms with E-state index in [2.05, 4.69) is 85.0 Å². The zero-order chi connectivity index (χ0) is 12.9. The fourth-order valence-corrected chi connectivity index (χ4v) is 2.24. The summed E-state index contributed by atoms with van der Waals surface area (Å²) in [6.07, 6.45) is 12.9. The Labute approximate surface area is 114 Å². The summed E-state index contributed by atoms with van der Waals surface area (Å²) < 4.78 is 0. The molecular weight excluding hydrogens is 228 g/mol. The maximum atomic E-state index is 2.22. The highest BCUT2D eigenvalue weighted by atomic mass is 14.1. The van der Waals surface area contributed by atoms with Gasteiger partial charge in [0, 0.05) is 5.92 Å². The summed E-state index contributed by atoms with van der Waals surface area (Å²) in [6.45, 7) is 0. The summed E-state index contributed by atoms with van der Waals surface area (Å²) in [5.41, 5.74) is 3.81. The standard InChI is InChI=1S/C19H16/c1-2-6-16(7-3-1)10-11-17-12-14-19(15-13-17)18-8-4-5-9-18/h1-15,18H/b11-10+. The fourth-order valence-electron chi connectivity index (χ4n) is 2.24. The van der Waals surface area contributed by atoms with Crippen LogP contribution in [0, 0.1) is 0 Å². The first kappa shape index (κ1) is 11.7. The highest BCUT2D eigenvalue weighted by molar-refractivity contribution is 5.69. The monoisotopic (exact) mass is 244 g/mol. The van der Waals surface area contributed by atoms with Gasteiger partial charge in [0.1, 0.15) is 0 Å². The molecule has 19 heavy (non-hydrogen) atoms. The van der Waals surface area contributed by atoms with Crippen LogP contribution in [-0.2, 0) is 0 Å². The molecular formula is C19H16. The van der Waals surface area contributed by atoms with Crippen LogP contribution in [-0.4, -0.2) is 0 Å². The highest BCUT2D eigenvalue weighted by Gasteiger charge is 2.05. The lowest BCUT2D eigenvalue weighted by Crippen LogP contribution is -1.88. The lowest BCUT2D eigenvalue weighted by molar-refractivity contribution is 1.10. The summed E-state index contributed by atoms with van der Waals surface area (Å²) in [5.74, 6) is 0.451. The van der Waals surface area contributed by atoms with Crippen LogP contribution >= 0.6 is 0 Å². The smallest absolute Gasteiger partial charge is 0.0204 e. The van der Waals surface area contributed by atoms with Crippen LogP contribution in [0.2, 0.25) is 0 Å². The van der Waals surface area contributed by atoms with E-state index in [9.17, 15) is 0 Å². The highest BCUT2D eigenvalue weighted by Crippen LogP contribution is 2.23. The first-order chi connectivity index (χ1) is 9.42. The van der Waals surface area contributed by atoms with Crippen LogP contribution in [0.5, 0.6) is 0 Å². The second-order valence-electron chi connectivity index (χ2n) is 4.71. The SMILES string of the molecule is C1=CC(c2ccc(/C=C/c3ccccc3)cc2)C=C1. The lowest BCUT2D eigenvalue weighted by atomic mass is 9.99. The van der Waals surface area contributed by atoms with E-state index in [1.807, 2.05) is 6.07 Å². The van der Waals surface area contributed by atoms with Gasteiger partial charge in [-0.15, -0.1) is 0 Å². The van der Waals surface area contributed by atoms with Crippen molar-refractivity contribution in [2.45, 2.75) is 5.92 Å². The molecule has 1 aliphatic carbocycles. The van der Waals surface area contributed by atoms with Gasteiger partial charge >= 0.3 is 0 Å². The Kier molecular flexibility index (Phi) is 3.42. The molecule has 0 spiro atoms. The minimum atomic E-state index is 0.451. The molecule has 0 aliphatic heterocycles. The Morgan fingerprint density at radius 1 is 0.632 bits per heavy atom. The third kappa shape index (κ3) is 2.92. The molecule has 2 aromatic carbocycles. The summed E-state index contributed by atoms with van der Waals surface area (Å²) in [7, 11) is 0. The maximum Gasteiger partial charge on any atom is 0.0204 e. The predicted molar refractivity (Wildman–Crippen MR) is 82.8 cm³/mol. The van der Waals surface area contributed by atoms with Gasteiger partial charge in [0.05, 0.1) is 0 Å². The summed E-state index contributed by atoms with van der Waals surface area (Å²) in [4.78, 5) is 0. The molecule has 0 heterocycles. The quantitative estimate of drug-likeness (QED) is 0.661. The van der Waals surface area contributed by atoms with Crippen molar-refractivity contribution in [3.8, 4) is 0 Å². The van der Waals surface area contributed by atoms with Gasteiger partial charge in [0.2, 0.25) is 0 Å². The van der Waals surface area contributed by atoms with Crippen LogP contribution in [0.25, 0.3) is 12.2 Å². The van der Waals surface area contributed by atoms with Gasteiger partial charge in [-0.05, 0) is 16.7 Å². The number of benzene rings is 2. The fraction of sp³-hybridized carbons (Fsp3) is 0.0526. The topological polar surface area (TPSA) is 0 Å². The molecule has 0 unspecified atom stereocenters. The predicted octanol–water partition coefficient (Wildman–Crippen LogP) is 5.07. The molecule has 2 aromatic rings. The molecule has 92 valence electrons. The molecule has 0 saturated carbocycles. The summed E-state index contributed by atoms with van der Waals surface area (Å²) >= 11 is 0. The molecule has 0 aromatic heterocycles. The molecule has 0 fully saturated rings. The van der Waals surface area contributed by atoms with Crippen molar-refractivity contribution in [3.63, 3.8) is 0 Å². The van der Waals surface area contributed by atoms with Crippen molar-refractivity contribution in [1.29, 1.82) is 0 Å². The second-order valence-corrected chi connectivity index (χ2v) is 4.71. The average molecular weight is 244 g/mol. The van der Waals surface area contributed by atoms with Crippen molar-refractivity contribution >= 4 is 12.2 Å². The number of allylic oxidation sites excluding steroid dienone is 4. The molecule has 0 N–H and O–H groups in total. The Bertz CT molecular complexity index is 601. The molecule has 0 bridgehead atoms. The Balaban J connectivity index is 1.74. The van der Waals surface area contributed by atoms with Crippen LogP contribution in [0.3, 0.4) is 0 Å². The maximum absolute atomic E-state index is 2.22. The van der Waals surface area contributed by atoms with Crippen molar-refractivity contribution < 1.29 is 0 Å². The van der Waals surface area contributed by atoms with E-state index >= 15 is 0 Å². The van der Waals surface area contributed by atoms with E-state index < -0.39 is 0 Å². The van der Waals surface area contributed by atoms with Gasteiger partial charge in [-0.25, -0.2) is 0 Å². The zero-order valence-electron chi connectivity index (χ0n) is 10.7. The van der Waals surface area contributed by atoms with Crippen molar-refractivity contribution in [2.75, 3.05) is 0 Å². The molecule has 0 atom stereocenters. The van der Waals surface area contributed by atoms with Crippen LogP contribution in [0.1, 0.15) is 22.6 Å². The van der Waals surface area contributed by atoms with Crippen molar-refractivity contribution in [3.05, 3.63) is 95.6 Å². The van der Waals surface area contributed by atoms with Gasteiger partial charge in [0.25, 0.3) is 0 Å². The number of hydrogen-bond acceptors (Lipinski definition) is 0. The summed E-state index contributed by atoms with van der Waals surface area (Å²) in [5, 5.41) is 0. The first-order valence-corrected chi connectivity index (χ1v) is 6.60.